The van der Waals surface area contributed by atoms with E-state index < -0.39 is 11.9 Å². The molecule has 1 heterocycles. The predicted molar refractivity (Wildman–Crippen MR) is 42.3 cm³/mol. The van der Waals surface area contributed by atoms with E-state index in [1.807, 2.05) is 0 Å². The standard InChI is InChI=1S/C8H10N2O3/c1-10-4-2-6(7(10)11)8(12)13-5-3-9/h6H,2,4-5H2,1H3. The highest BCUT2D eigenvalue weighted by Crippen LogP contribution is 2.17. The summed E-state index contributed by atoms with van der Waals surface area (Å²) in [6.07, 6.45) is 0.486. The van der Waals surface area contributed by atoms with Crippen LogP contribution < -0.4 is 0 Å². The highest BCUT2D eigenvalue weighted by atomic mass is 16.5. The van der Waals surface area contributed by atoms with Gasteiger partial charge in [0.15, 0.2) is 6.61 Å². The molecule has 0 aliphatic carbocycles. The number of carbonyl (C=O) groups excluding carboxylic acids is 2. The molecule has 70 valence electrons. The van der Waals surface area contributed by atoms with Gasteiger partial charge in [0.25, 0.3) is 0 Å². The fourth-order valence-electron chi connectivity index (χ4n) is 1.25. The second-order valence-electron chi connectivity index (χ2n) is 2.87. The van der Waals surface area contributed by atoms with Crippen molar-refractivity contribution >= 4 is 11.9 Å². The minimum atomic E-state index is -0.696. The van der Waals surface area contributed by atoms with Crippen LogP contribution in [0, 0.1) is 17.2 Å². The van der Waals surface area contributed by atoms with Crippen molar-refractivity contribution in [1.29, 1.82) is 5.26 Å². The summed E-state index contributed by atoms with van der Waals surface area (Å²) in [5.41, 5.74) is 0. The van der Waals surface area contributed by atoms with Gasteiger partial charge in [-0.15, -0.1) is 0 Å². The highest BCUT2D eigenvalue weighted by Gasteiger charge is 2.35. The number of likely N-dealkylation sites (tertiary alicyclic amines) is 1. The van der Waals surface area contributed by atoms with Crippen molar-refractivity contribution in [3.8, 4) is 6.07 Å². The number of esters is 1. The third-order valence-electron chi connectivity index (χ3n) is 1.99. The van der Waals surface area contributed by atoms with Crippen LogP contribution in [-0.2, 0) is 14.3 Å². The van der Waals surface area contributed by atoms with Crippen LogP contribution in [0.1, 0.15) is 6.42 Å². The van der Waals surface area contributed by atoms with E-state index in [2.05, 4.69) is 4.74 Å². The molecule has 1 unspecified atom stereocenters. The maximum atomic E-state index is 11.3. The topological polar surface area (TPSA) is 70.4 Å². The average molecular weight is 182 g/mol. The molecule has 0 radical (unpaired) electrons. The van der Waals surface area contributed by atoms with Gasteiger partial charge in [0, 0.05) is 13.6 Å². The van der Waals surface area contributed by atoms with Crippen molar-refractivity contribution in [3.63, 3.8) is 0 Å². The van der Waals surface area contributed by atoms with E-state index in [0.29, 0.717) is 13.0 Å². The van der Waals surface area contributed by atoms with Crippen molar-refractivity contribution < 1.29 is 14.3 Å². The molecule has 0 aromatic rings. The van der Waals surface area contributed by atoms with Crippen LogP contribution in [0.25, 0.3) is 0 Å². The van der Waals surface area contributed by atoms with Crippen LogP contribution in [0.15, 0.2) is 0 Å². The van der Waals surface area contributed by atoms with Gasteiger partial charge in [-0.1, -0.05) is 0 Å². The van der Waals surface area contributed by atoms with Crippen molar-refractivity contribution in [1.82, 2.24) is 4.90 Å². The zero-order valence-electron chi connectivity index (χ0n) is 7.32. The van der Waals surface area contributed by atoms with E-state index in [0.717, 1.165) is 0 Å². The third-order valence-corrected chi connectivity index (χ3v) is 1.99. The molecule has 1 saturated heterocycles. The van der Waals surface area contributed by atoms with Gasteiger partial charge < -0.3 is 9.64 Å². The van der Waals surface area contributed by atoms with Crippen molar-refractivity contribution in [2.24, 2.45) is 5.92 Å². The molecule has 1 fully saturated rings. The molecule has 0 saturated carbocycles. The summed E-state index contributed by atoms with van der Waals surface area (Å²) < 4.78 is 4.55. The van der Waals surface area contributed by atoms with Crippen LogP contribution >= 0.6 is 0 Å². The summed E-state index contributed by atoms with van der Waals surface area (Å²) in [4.78, 5) is 23.9. The normalized spacial score (nSPS) is 21.4. The Morgan fingerprint density at radius 1 is 1.85 bits per heavy atom. The Hall–Kier alpha value is -1.57. The molecule has 5 nitrogen and oxygen atoms in total. The van der Waals surface area contributed by atoms with Crippen LogP contribution in [0.4, 0.5) is 0 Å². The largest absolute Gasteiger partial charge is 0.450 e. The van der Waals surface area contributed by atoms with Crippen molar-refractivity contribution in [2.45, 2.75) is 6.42 Å². The second-order valence-corrected chi connectivity index (χ2v) is 2.87. The molecular formula is C8H10N2O3. The van der Waals surface area contributed by atoms with Gasteiger partial charge >= 0.3 is 5.97 Å². The molecule has 1 aliphatic rings. The van der Waals surface area contributed by atoms with E-state index in [9.17, 15) is 9.59 Å². The Balaban J connectivity index is 2.49. The number of rotatable bonds is 2. The van der Waals surface area contributed by atoms with Crippen LogP contribution in [-0.4, -0.2) is 37.0 Å². The number of hydrogen-bond acceptors (Lipinski definition) is 4. The zero-order valence-corrected chi connectivity index (χ0v) is 7.32. The summed E-state index contributed by atoms with van der Waals surface area (Å²) in [7, 11) is 1.64. The molecule has 13 heavy (non-hydrogen) atoms. The smallest absolute Gasteiger partial charge is 0.319 e. The van der Waals surface area contributed by atoms with Gasteiger partial charge in [-0.3, -0.25) is 9.59 Å². The van der Waals surface area contributed by atoms with E-state index in [-0.39, 0.29) is 12.5 Å². The number of ether oxygens (including phenoxy) is 1. The maximum absolute atomic E-state index is 11.3. The zero-order chi connectivity index (χ0) is 9.84. The van der Waals surface area contributed by atoms with Gasteiger partial charge in [0.05, 0.1) is 0 Å². The van der Waals surface area contributed by atoms with Crippen LogP contribution in [0.2, 0.25) is 0 Å². The number of nitriles is 1. The Morgan fingerprint density at radius 3 is 3.00 bits per heavy atom. The minimum Gasteiger partial charge on any atom is -0.450 e. The molecule has 0 aromatic heterocycles. The first kappa shape index (κ1) is 9.52. The minimum absolute atomic E-state index is 0.220. The lowest BCUT2D eigenvalue weighted by Gasteiger charge is -2.08. The molecule has 1 rings (SSSR count). The average Bonchev–Trinajstić information content (AvgIpc) is 2.44. The van der Waals surface area contributed by atoms with Gasteiger partial charge in [0.2, 0.25) is 5.91 Å². The lowest BCUT2D eigenvalue weighted by atomic mass is 10.1. The maximum Gasteiger partial charge on any atom is 0.319 e. The molecular weight excluding hydrogens is 172 g/mol. The number of hydrogen-bond donors (Lipinski definition) is 0. The Morgan fingerprint density at radius 2 is 2.54 bits per heavy atom. The molecule has 0 spiro atoms. The van der Waals surface area contributed by atoms with E-state index >= 15 is 0 Å². The van der Waals surface area contributed by atoms with Gasteiger partial charge in [0.1, 0.15) is 12.0 Å². The fourth-order valence-corrected chi connectivity index (χ4v) is 1.25. The first-order valence-corrected chi connectivity index (χ1v) is 3.95. The molecule has 1 atom stereocenters. The Bertz CT molecular complexity index is 269. The Labute approximate surface area is 75.9 Å². The van der Waals surface area contributed by atoms with Crippen LogP contribution in [0.3, 0.4) is 0 Å². The molecule has 0 bridgehead atoms. The van der Waals surface area contributed by atoms with E-state index in [4.69, 9.17) is 5.26 Å². The first-order chi connectivity index (χ1) is 6.16. The second kappa shape index (κ2) is 3.90. The van der Waals surface area contributed by atoms with E-state index in [1.54, 1.807) is 13.1 Å². The number of amides is 1. The SMILES string of the molecule is CN1CCC(C(=O)OCC#N)C1=O. The molecule has 1 amide bonds. The summed E-state index contributed by atoms with van der Waals surface area (Å²) in [6, 6.07) is 1.68. The van der Waals surface area contributed by atoms with Crippen LogP contribution in [0.5, 0.6) is 0 Å². The quantitative estimate of drug-likeness (QED) is 0.427. The molecule has 1 aliphatic heterocycles. The van der Waals surface area contributed by atoms with Gasteiger partial charge in [-0.05, 0) is 6.42 Å². The molecule has 5 heteroatoms. The monoisotopic (exact) mass is 182 g/mol. The first-order valence-electron chi connectivity index (χ1n) is 3.95. The number of carbonyl (C=O) groups is 2. The summed E-state index contributed by atoms with van der Waals surface area (Å²) in [5, 5.41) is 8.15. The summed E-state index contributed by atoms with van der Waals surface area (Å²) in [6.45, 7) is 0.289. The van der Waals surface area contributed by atoms with Crippen molar-refractivity contribution in [2.75, 3.05) is 20.2 Å². The fraction of sp³-hybridized carbons (Fsp3) is 0.625. The van der Waals surface area contributed by atoms with Gasteiger partial charge in [-0.25, -0.2) is 0 Å². The Kier molecular flexibility index (Phi) is 2.85. The highest BCUT2D eigenvalue weighted by molar-refractivity contribution is 5.99. The van der Waals surface area contributed by atoms with E-state index in [1.165, 1.54) is 4.90 Å². The van der Waals surface area contributed by atoms with Gasteiger partial charge in [-0.2, -0.15) is 5.26 Å². The third kappa shape index (κ3) is 1.96. The predicted octanol–water partition coefficient (Wildman–Crippen LogP) is -0.469. The molecule has 0 aromatic carbocycles. The lowest BCUT2D eigenvalue weighted by Crippen LogP contribution is -2.28. The van der Waals surface area contributed by atoms with Crippen molar-refractivity contribution in [3.05, 3.63) is 0 Å². The molecule has 0 N–H and O–H groups in total. The summed E-state index contributed by atoms with van der Waals surface area (Å²) in [5.74, 6) is -1.50. The number of nitrogens with zero attached hydrogens (tertiary/aromatic N) is 2. The lowest BCUT2D eigenvalue weighted by molar-refractivity contribution is -0.151. The summed E-state index contributed by atoms with van der Waals surface area (Å²) >= 11 is 0.